The summed E-state index contributed by atoms with van der Waals surface area (Å²) in [5.74, 6) is -0.450. The number of esters is 1. The summed E-state index contributed by atoms with van der Waals surface area (Å²) >= 11 is 0. The number of para-hydroxylation sites is 1. The molecular weight excluding hydrogens is 348 g/mol. The maximum absolute atomic E-state index is 12.2. The summed E-state index contributed by atoms with van der Waals surface area (Å²) in [4.78, 5) is 28.0. The van der Waals surface area contributed by atoms with Crippen LogP contribution in [0.1, 0.15) is 33.5 Å². The summed E-state index contributed by atoms with van der Waals surface area (Å²) in [7, 11) is 0. The van der Waals surface area contributed by atoms with E-state index in [-0.39, 0.29) is 41.9 Å². The molecule has 3 aromatic rings. The molecule has 0 atom stereocenters. The van der Waals surface area contributed by atoms with Crippen LogP contribution in [0.3, 0.4) is 0 Å². The summed E-state index contributed by atoms with van der Waals surface area (Å²) in [5, 5.41) is 0. The van der Waals surface area contributed by atoms with E-state index in [4.69, 9.17) is 19.6 Å². The van der Waals surface area contributed by atoms with Crippen molar-refractivity contribution in [3.63, 3.8) is 0 Å². The van der Waals surface area contributed by atoms with Gasteiger partial charge >= 0.3 is 5.97 Å². The average Bonchev–Trinajstić information content (AvgIpc) is 3.12. The standard InChI is InChI=1S/C20H18N2O5/c1-2-25-20(24)17-16(27-19(22-17)13-8-4-3-5-9-13)12-26-15-11-7-6-10-14(15)18(21)23/h3-11H,2,12H2,1H3,(H2,21,23). The van der Waals surface area contributed by atoms with E-state index in [2.05, 4.69) is 4.98 Å². The average molecular weight is 366 g/mol. The van der Waals surface area contributed by atoms with E-state index in [1.807, 2.05) is 30.3 Å². The van der Waals surface area contributed by atoms with Crippen molar-refractivity contribution < 1.29 is 23.5 Å². The summed E-state index contributed by atoms with van der Waals surface area (Å²) in [5.41, 5.74) is 6.34. The Kier molecular flexibility index (Phi) is 5.51. The summed E-state index contributed by atoms with van der Waals surface area (Å²) < 4.78 is 16.4. The topological polar surface area (TPSA) is 105 Å². The van der Waals surface area contributed by atoms with Crippen molar-refractivity contribution in [3.05, 3.63) is 71.6 Å². The summed E-state index contributed by atoms with van der Waals surface area (Å²) in [6.45, 7) is 1.80. The molecule has 0 bridgehead atoms. The zero-order valence-electron chi connectivity index (χ0n) is 14.7. The minimum absolute atomic E-state index is 0.0345. The van der Waals surface area contributed by atoms with Crippen molar-refractivity contribution >= 4 is 11.9 Å². The third-order valence-electron chi connectivity index (χ3n) is 3.70. The summed E-state index contributed by atoms with van der Waals surface area (Å²) in [6.07, 6.45) is 0. The van der Waals surface area contributed by atoms with Gasteiger partial charge in [-0.05, 0) is 31.2 Å². The van der Waals surface area contributed by atoms with Gasteiger partial charge in [0.25, 0.3) is 5.91 Å². The second-order valence-corrected chi connectivity index (χ2v) is 5.53. The number of benzene rings is 2. The molecule has 27 heavy (non-hydrogen) atoms. The van der Waals surface area contributed by atoms with Gasteiger partial charge in [-0.25, -0.2) is 9.78 Å². The molecule has 0 aliphatic carbocycles. The highest BCUT2D eigenvalue weighted by atomic mass is 16.5. The molecule has 0 radical (unpaired) electrons. The van der Waals surface area contributed by atoms with Crippen LogP contribution in [0.5, 0.6) is 5.75 Å². The molecule has 7 nitrogen and oxygen atoms in total. The number of carbonyl (C=O) groups is 2. The Bertz CT molecular complexity index is 950. The lowest BCUT2D eigenvalue weighted by molar-refractivity contribution is 0.0515. The van der Waals surface area contributed by atoms with E-state index < -0.39 is 11.9 Å². The van der Waals surface area contributed by atoms with Crippen LogP contribution in [0.15, 0.2) is 59.0 Å². The van der Waals surface area contributed by atoms with Crippen LogP contribution in [0.25, 0.3) is 11.5 Å². The molecule has 1 amide bonds. The molecule has 0 aliphatic heterocycles. The predicted molar refractivity (Wildman–Crippen MR) is 97.2 cm³/mol. The minimum atomic E-state index is -0.612. The van der Waals surface area contributed by atoms with Crippen molar-refractivity contribution in [1.29, 1.82) is 0 Å². The van der Waals surface area contributed by atoms with Crippen molar-refractivity contribution in [1.82, 2.24) is 4.98 Å². The third kappa shape index (κ3) is 4.14. The van der Waals surface area contributed by atoms with Gasteiger partial charge in [-0.2, -0.15) is 0 Å². The zero-order chi connectivity index (χ0) is 19.2. The maximum atomic E-state index is 12.2. The Labute approximate surface area is 155 Å². The number of carbonyl (C=O) groups excluding carboxylic acids is 2. The van der Waals surface area contributed by atoms with Crippen LogP contribution >= 0.6 is 0 Å². The van der Waals surface area contributed by atoms with Gasteiger partial charge in [-0.15, -0.1) is 0 Å². The van der Waals surface area contributed by atoms with Crippen LogP contribution in [-0.4, -0.2) is 23.5 Å². The maximum Gasteiger partial charge on any atom is 0.360 e. The van der Waals surface area contributed by atoms with Gasteiger partial charge in [0.05, 0.1) is 12.2 Å². The second kappa shape index (κ2) is 8.18. The molecule has 1 aromatic heterocycles. The number of amides is 1. The predicted octanol–water partition coefficient (Wildman–Crippen LogP) is 3.20. The molecule has 3 rings (SSSR count). The Morgan fingerprint density at radius 3 is 2.48 bits per heavy atom. The number of nitrogens with two attached hydrogens (primary N) is 1. The van der Waals surface area contributed by atoms with E-state index >= 15 is 0 Å². The molecular formula is C20H18N2O5. The van der Waals surface area contributed by atoms with Crippen molar-refractivity contribution in [2.75, 3.05) is 6.61 Å². The van der Waals surface area contributed by atoms with Crippen LogP contribution < -0.4 is 10.5 Å². The molecule has 0 unspecified atom stereocenters. The van der Waals surface area contributed by atoms with Gasteiger partial charge in [-0.1, -0.05) is 30.3 Å². The molecule has 2 N–H and O–H groups in total. The highest BCUT2D eigenvalue weighted by molar-refractivity contribution is 5.95. The molecule has 7 heteroatoms. The number of primary amides is 1. The Morgan fingerprint density at radius 2 is 1.78 bits per heavy atom. The smallest absolute Gasteiger partial charge is 0.360 e. The highest BCUT2D eigenvalue weighted by Gasteiger charge is 2.23. The second-order valence-electron chi connectivity index (χ2n) is 5.53. The fourth-order valence-corrected chi connectivity index (χ4v) is 2.45. The number of hydrogen-bond donors (Lipinski definition) is 1. The fraction of sp³-hybridized carbons (Fsp3) is 0.150. The third-order valence-corrected chi connectivity index (χ3v) is 3.70. The number of aromatic nitrogens is 1. The number of oxazole rings is 1. The Morgan fingerprint density at radius 1 is 1.07 bits per heavy atom. The quantitative estimate of drug-likeness (QED) is 0.644. The Balaban J connectivity index is 1.91. The van der Waals surface area contributed by atoms with Gasteiger partial charge in [0.15, 0.2) is 11.5 Å². The summed E-state index contributed by atoms with van der Waals surface area (Å²) in [6, 6.07) is 15.7. The van der Waals surface area contributed by atoms with Crippen LogP contribution in [0.4, 0.5) is 0 Å². The van der Waals surface area contributed by atoms with Gasteiger partial charge in [0, 0.05) is 5.56 Å². The van der Waals surface area contributed by atoms with Gasteiger partial charge < -0.3 is 19.6 Å². The number of rotatable bonds is 7. The van der Waals surface area contributed by atoms with Gasteiger partial charge in [0.1, 0.15) is 12.4 Å². The van der Waals surface area contributed by atoms with Gasteiger partial charge in [-0.3, -0.25) is 4.79 Å². The van der Waals surface area contributed by atoms with Crippen molar-refractivity contribution in [2.45, 2.75) is 13.5 Å². The lowest BCUT2D eigenvalue weighted by Crippen LogP contribution is -2.13. The molecule has 0 aliphatic rings. The number of ether oxygens (including phenoxy) is 2. The van der Waals surface area contributed by atoms with Crippen molar-refractivity contribution in [2.24, 2.45) is 5.73 Å². The minimum Gasteiger partial charge on any atom is -0.485 e. The van der Waals surface area contributed by atoms with E-state index in [9.17, 15) is 9.59 Å². The Hall–Kier alpha value is -3.61. The monoisotopic (exact) mass is 366 g/mol. The van der Waals surface area contributed by atoms with Crippen molar-refractivity contribution in [3.8, 4) is 17.2 Å². The zero-order valence-corrected chi connectivity index (χ0v) is 14.7. The van der Waals surface area contributed by atoms with E-state index in [1.54, 1.807) is 31.2 Å². The SMILES string of the molecule is CCOC(=O)c1nc(-c2ccccc2)oc1COc1ccccc1C(N)=O. The number of hydrogen-bond acceptors (Lipinski definition) is 6. The largest absolute Gasteiger partial charge is 0.485 e. The van der Waals surface area contributed by atoms with Crippen LogP contribution in [-0.2, 0) is 11.3 Å². The number of nitrogens with zero attached hydrogens (tertiary/aromatic N) is 1. The lowest BCUT2D eigenvalue weighted by atomic mass is 10.2. The molecule has 0 saturated carbocycles. The molecule has 0 spiro atoms. The molecule has 0 saturated heterocycles. The fourth-order valence-electron chi connectivity index (χ4n) is 2.45. The molecule has 138 valence electrons. The first-order valence-corrected chi connectivity index (χ1v) is 8.34. The van der Waals surface area contributed by atoms with Gasteiger partial charge in [0.2, 0.25) is 5.89 Å². The van der Waals surface area contributed by atoms with Crippen LogP contribution in [0.2, 0.25) is 0 Å². The molecule has 2 aromatic carbocycles. The lowest BCUT2D eigenvalue weighted by Gasteiger charge is -2.08. The molecule has 0 fully saturated rings. The van der Waals surface area contributed by atoms with E-state index in [0.717, 1.165) is 0 Å². The normalized spacial score (nSPS) is 10.4. The van der Waals surface area contributed by atoms with Crippen LogP contribution in [0, 0.1) is 0 Å². The first-order valence-electron chi connectivity index (χ1n) is 8.34. The first kappa shape index (κ1) is 18.2. The molecule has 1 heterocycles. The van der Waals surface area contributed by atoms with E-state index in [0.29, 0.717) is 5.56 Å². The first-order chi connectivity index (χ1) is 13.1. The highest BCUT2D eigenvalue weighted by Crippen LogP contribution is 2.25. The van der Waals surface area contributed by atoms with E-state index in [1.165, 1.54) is 0 Å².